The van der Waals surface area contributed by atoms with Crippen LogP contribution in [0.4, 0.5) is 0 Å². The number of ether oxygens (including phenoxy) is 1. The first-order valence-corrected chi connectivity index (χ1v) is 3.83. The molecule has 6 nitrogen and oxygen atoms in total. The third-order valence-corrected chi connectivity index (χ3v) is 1.99. The molecule has 1 saturated heterocycles. The van der Waals surface area contributed by atoms with E-state index in [0.29, 0.717) is 0 Å². The molecule has 0 aromatic rings. The van der Waals surface area contributed by atoms with Gasteiger partial charge in [0, 0.05) is 0 Å². The number of carbonyl (C=O) groups is 1. The zero-order valence-corrected chi connectivity index (χ0v) is 6.99. The molecule has 0 amide bonds. The number of hydrogen-bond acceptors (Lipinski definition) is 6. The third kappa shape index (κ3) is 1.87. The van der Waals surface area contributed by atoms with Gasteiger partial charge in [-0.25, -0.2) is 0 Å². The molecule has 13 heavy (non-hydrogen) atoms. The van der Waals surface area contributed by atoms with Crippen molar-refractivity contribution in [2.24, 2.45) is 0 Å². The molecular formula is C7H12O6. The van der Waals surface area contributed by atoms with Gasteiger partial charge < -0.3 is 25.2 Å². The lowest BCUT2D eigenvalue weighted by atomic mass is 9.97. The summed E-state index contributed by atoms with van der Waals surface area (Å²) in [6, 6.07) is 0. The fourth-order valence-corrected chi connectivity index (χ4v) is 1.20. The molecule has 0 aromatic heterocycles. The number of rotatable bonds is 1. The van der Waals surface area contributed by atoms with E-state index in [2.05, 4.69) is 4.74 Å². The minimum absolute atomic E-state index is 0.516. The van der Waals surface area contributed by atoms with Crippen LogP contribution >= 0.6 is 0 Å². The smallest absolute Gasteiger partial charge is 0.184 e. The molecule has 1 aliphatic rings. The molecule has 0 unspecified atom stereocenters. The van der Waals surface area contributed by atoms with Crippen LogP contribution in [0.5, 0.6) is 0 Å². The molecule has 0 saturated carbocycles. The number of Topliss-reactive ketones (excluding diaryl/α,β-unsaturated/α-hetero) is 1. The van der Waals surface area contributed by atoms with Crippen molar-refractivity contribution in [3.63, 3.8) is 0 Å². The zero-order chi connectivity index (χ0) is 10.2. The normalized spacial score (nSPS) is 46.1. The zero-order valence-electron chi connectivity index (χ0n) is 6.99. The number of ketones is 1. The lowest BCUT2D eigenvalue weighted by Gasteiger charge is -2.37. The van der Waals surface area contributed by atoms with Gasteiger partial charge in [0.25, 0.3) is 0 Å². The molecule has 0 spiro atoms. The number of aliphatic hydroxyl groups excluding tert-OH is 4. The first-order valence-electron chi connectivity index (χ1n) is 3.83. The largest absolute Gasteiger partial charge is 0.387 e. The van der Waals surface area contributed by atoms with Gasteiger partial charge in [-0.15, -0.1) is 0 Å². The van der Waals surface area contributed by atoms with Gasteiger partial charge >= 0.3 is 0 Å². The average molecular weight is 192 g/mol. The lowest BCUT2D eigenvalue weighted by Crippen LogP contribution is -2.59. The lowest BCUT2D eigenvalue weighted by molar-refractivity contribution is -0.274. The number of carbonyl (C=O) groups excluding carboxylic acids is 1. The van der Waals surface area contributed by atoms with Gasteiger partial charge in [-0.1, -0.05) is 0 Å². The van der Waals surface area contributed by atoms with E-state index in [0.717, 1.165) is 6.92 Å². The van der Waals surface area contributed by atoms with Crippen LogP contribution in [0, 0.1) is 0 Å². The highest BCUT2D eigenvalue weighted by atomic mass is 16.6. The second-order valence-electron chi connectivity index (χ2n) is 3.03. The van der Waals surface area contributed by atoms with Crippen LogP contribution in [0.25, 0.3) is 0 Å². The van der Waals surface area contributed by atoms with E-state index in [4.69, 9.17) is 15.3 Å². The Kier molecular flexibility index (Phi) is 2.99. The predicted molar refractivity (Wildman–Crippen MR) is 39.6 cm³/mol. The monoisotopic (exact) mass is 192 g/mol. The van der Waals surface area contributed by atoms with Crippen molar-refractivity contribution in [2.45, 2.75) is 37.6 Å². The Morgan fingerprint density at radius 2 is 1.62 bits per heavy atom. The maximum atomic E-state index is 10.8. The maximum absolute atomic E-state index is 10.8. The van der Waals surface area contributed by atoms with Crippen molar-refractivity contribution in [2.75, 3.05) is 0 Å². The second kappa shape index (κ2) is 3.69. The quantitative estimate of drug-likeness (QED) is 0.362. The SMILES string of the molecule is CC(=O)[C@@H]1O[C@H](O)[C@@H](O)[C@@H](O)[C@@H]1O. The number of aliphatic hydroxyl groups is 4. The molecule has 1 fully saturated rings. The first kappa shape index (κ1) is 10.6. The summed E-state index contributed by atoms with van der Waals surface area (Å²) < 4.78 is 4.59. The van der Waals surface area contributed by atoms with Crippen LogP contribution in [0.3, 0.4) is 0 Å². The van der Waals surface area contributed by atoms with Gasteiger partial charge in [0.1, 0.15) is 24.4 Å². The Hall–Kier alpha value is -0.530. The fraction of sp³-hybridized carbons (Fsp3) is 0.857. The predicted octanol–water partition coefficient (Wildman–Crippen LogP) is -2.62. The molecule has 0 radical (unpaired) electrons. The summed E-state index contributed by atoms with van der Waals surface area (Å²) in [4.78, 5) is 10.8. The molecule has 5 atom stereocenters. The molecule has 1 heterocycles. The Balaban J connectivity index is 2.76. The molecule has 0 aromatic carbocycles. The van der Waals surface area contributed by atoms with Crippen molar-refractivity contribution in [1.29, 1.82) is 0 Å². The van der Waals surface area contributed by atoms with Crippen LogP contribution in [0.15, 0.2) is 0 Å². The molecule has 4 N–H and O–H groups in total. The average Bonchev–Trinajstić information content (AvgIpc) is 2.07. The summed E-state index contributed by atoms with van der Waals surface area (Å²) in [5.41, 5.74) is 0. The van der Waals surface area contributed by atoms with Crippen LogP contribution < -0.4 is 0 Å². The Morgan fingerprint density at radius 3 is 2.08 bits per heavy atom. The van der Waals surface area contributed by atoms with Crippen LogP contribution in [0.2, 0.25) is 0 Å². The molecular weight excluding hydrogens is 180 g/mol. The topological polar surface area (TPSA) is 107 Å². The van der Waals surface area contributed by atoms with E-state index in [9.17, 15) is 9.90 Å². The molecule has 0 aliphatic carbocycles. The van der Waals surface area contributed by atoms with Crippen molar-refractivity contribution >= 4 is 5.78 Å². The molecule has 1 aliphatic heterocycles. The molecule has 1 rings (SSSR count). The molecule has 6 heteroatoms. The Labute approximate surface area is 74.4 Å². The summed E-state index contributed by atoms with van der Waals surface area (Å²) >= 11 is 0. The van der Waals surface area contributed by atoms with Gasteiger partial charge in [0.2, 0.25) is 0 Å². The summed E-state index contributed by atoms with van der Waals surface area (Å²) in [5.74, 6) is -0.516. The van der Waals surface area contributed by atoms with Crippen molar-refractivity contribution in [3.8, 4) is 0 Å². The summed E-state index contributed by atoms with van der Waals surface area (Å²) in [7, 11) is 0. The third-order valence-electron chi connectivity index (χ3n) is 1.99. The van der Waals surface area contributed by atoms with E-state index in [1.807, 2.05) is 0 Å². The standard InChI is InChI=1S/C7H12O6/c1-2(8)6-4(10)3(9)5(11)7(12)13-6/h3-7,9-12H,1H3/t3-,4-,5-,6-,7-/m0/s1. The maximum Gasteiger partial charge on any atom is 0.184 e. The van der Waals surface area contributed by atoms with Crippen LogP contribution in [0.1, 0.15) is 6.92 Å². The minimum atomic E-state index is -1.65. The van der Waals surface area contributed by atoms with Crippen molar-refractivity contribution in [1.82, 2.24) is 0 Å². The van der Waals surface area contributed by atoms with E-state index in [1.165, 1.54) is 0 Å². The van der Waals surface area contributed by atoms with E-state index >= 15 is 0 Å². The van der Waals surface area contributed by atoms with Crippen LogP contribution in [-0.4, -0.2) is 56.9 Å². The Morgan fingerprint density at radius 1 is 1.08 bits per heavy atom. The van der Waals surface area contributed by atoms with Crippen molar-refractivity contribution < 1.29 is 30.0 Å². The highest BCUT2D eigenvalue weighted by molar-refractivity contribution is 5.81. The summed E-state index contributed by atoms with van der Waals surface area (Å²) in [6.07, 6.45) is -7.60. The van der Waals surface area contributed by atoms with Crippen molar-refractivity contribution in [3.05, 3.63) is 0 Å². The highest BCUT2D eigenvalue weighted by Crippen LogP contribution is 2.20. The number of hydrogen-bond donors (Lipinski definition) is 4. The fourth-order valence-electron chi connectivity index (χ4n) is 1.20. The van der Waals surface area contributed by atoms with Crippen LogP contribution in [-0.2, 0) is 9.53 Å². The minimum Gasteiger partial charge on any atom is -0.387 e. The first-order chi connectivity index (χ1) is 5.95. The highest BCUT2D eigenvalue weighted by Gasteiger charge is 2.44. The van der Waals surface area contributed by atoms with Gasteiger partial charge in [-0.05, 0) is 6.92 Å². The molecule has 0 bridgehead atoms. The second-order valence-corrected chi connectivity index (χ2v) is 3.03. The Bertz CT molecular complexity index is 205. The summed E-state index contributed by atoms with van der Waals surface area (Å²) in [6.45, 7) is 1.16. The summed E-state index contributed by atoms with van der Waals surface area (Å²) in [5, 5.41) is 36.4. The van der Waals surface area contributed by atoms with E-state index < -0.39 is 36.5 Å². The van der Waals surface area contributed by atoms with Gasteiger partial charge in [0.05, 0.1) is 0 Å². The molecule has 76 valence electrons. The van der Waals surface area contributed by atoms with E-state index in [-0.39, 0.29) is 0 Å². The van der Waals surface area contributed by atoms with E-state index in [1.54, 1.807) is 0 Å². The van der Waals surface area contributed by atoms with Gasteiger partial charge in [-0.2, -0.15) is 0 Å². The van der Waals surface area contributed by atoms with Gasteiger partial charge in [0.15, 0.2) is 12.1 Å². The van der Waals surface area contributed by atoms with Gasteiger partial charge in [-0.3, -0.25) is 4.79 Å².